The average molecular weight is 256 g/mol. The summed E-state index contributed by atoms with van der Waals surface area (Å²) in [5.74, 6) is 1.25. The van der Waals surface area contributed by atoms with Crippen molar-refractivity contribution in [3.05, 3.63) is 6.07 Å². The number of hydrogen-bond acceptors (Lipinski definition) is 6. The lowest BCUT2D eigenvalue weighted by molar-refractivity contribution is 0.182. The molecule has 6 heteroatoms. The second-order valence-electron chi connectivity index (χ2n) is 3.75. The van der Waals surface area contributed by atoms with Gasteiger partial charge >= 0.3 is 0 Å². The van der Waals surface area contributed by atoms with Gasteiger partial charge in [-0.05, 0) is 12.7 Å². The summed E-state index contributed by atoms with van der Waals surface area (Å²) in [6, 6.07) is 2.01. The van der Waals surface area contributed by atoms with Crippen LogP contribution in [-0.4, -0.2) is 36.0 Å². The molecule has 0 saturated carbocycles. The smallest absolute Gasteiger partial charge is 0.191 e. The lowest BCUT2D eigenvalue weighted by Gasteiger charge is -2.18. The third kappa shape index (κ3) is 4.79. The predicted octanol–water partition coefficient (Wildman–Crippen LogP) is 2.01. The van der Waals surface area contributed by atoms with Crippen LogP contribution in [0.15, 0.2) is 11.2 Å². The van der Waals surface area contributed by atoms with E-state index in [4.69, 9.17) is 10.5 Å². The SMILES string of the molecule is CCCC(COC)Nc1cc(N)nc(SC)n1. The summed E-state index contributed by atoms with van der Waals surface area (Å²) >= 11 is 1.48. The molecule has 1 aromatic rings. The van der Waals surface area contributed by atoms with Crippen molar-refractivity contribution in [3.63, 3.8) is 0 Å². The summed E-state index contributed by atoms with van der Waals surface area (Å²) < 4.78 is 5.17. The monoisotopic (exact) mass is 256 g/mol. The molecule has 1 aromatic heterocycles. The van der Waals surface area contributed by atoms with E-state index in [1.54, 1.807) is 13.2 Å². The van der Waals surface area contributed by atoms with Gasteiger partial charge in [-0.1, -0.05) is 25.1 Å². The van der Waals surface area contributed by atoms with E-state index in [-0.39, 0.29) is 6.04 Å². The highest BCUT2D eigenvalue weighted by Gasteiger charge is 2.09. The van der Waals surface area contributed by atoms with Crippen LogP contribution < -0.4 is 11.1 Å². The Kier molecular flexibility index (Phi) is 6.07. The first kappa shape index (κ1) is 14.1. The van der Waals surface area contributed by atoms with Crippen LogP contribution in [0.4, 0.5) is 11.6 Å². The summed E-state index contributed by atoms with van der Waals surface area (Å²) in [5.41, 5.74) is 5.72. The van der Waals surface area contributed by atoms with Gasteiger partial charge in [-0.25, -0.2) is 9.97 Å². The van der Waals surface area contributed by atoms with Crippen molar-refractivity contribution in [2.75, 3.05) is 31.0 Å². The minimum Gasteiger partial charge on any atom is -0.383 e. The highest BCUT2D eigenvalue weighted by molar-refractivity contribution is 7.98. The summed E-state index contributed by atoms with van der Waals surface area (Å²) in [6.07, 6.45) is 4.06. The standard InChI is InChI=1S/C11H20N4OS/c1-4-5-8(7-16-2)13-10-6-9(12)14-11(15-10)17-3/h6,8H,4-5,7H2,1-3H3,(H3,12,13,14,15). The van der Waals surface area contributed by atoms with Gasteiger partial charge in [-0.15, -0.1) is 0 Å². The first-order valence-electron chi connectivity index (χ1n) is 5.63. The first-order valence-corrected chi connectivity index (χ1v) is 6.86. The van der Waals surface area contributed by atoms with E-state index in [0.717, 1.165) is 18.7 Å². The van der Waals surface area contributed by atoms with Gasteiger partial charge in [0.15, 0.2) is 5.16 Å². The van der Waals surface area contributed by atoms with Crippen LogP contribution in [0.3, 0.4) is 0 Å². The predicted molar refractivity (Wildman–Crippen MR) is 72.4 cm³/mol. The van der Waals surface area contributed by atoms with E-state index >= 15 is 0 Å². The molecule has 0 bridgehead atoms. The number of anilines is 2. The molecule has 1 unspecified atom stereocenters. The number of methoxy groups -OCH3 is 1. The van der Waals surface area contributed by atoms with Crippen LogP contribution in [0.2, 0.25) is 0 Å². The third-order valence-electron chi connectivity index (χ3n) is 2.27. The molecule has 96 valence electrons. The van der Waals surface area contributed by atoms with E-state index in [2.05, 4.69) is 22.2 Å². The summed E-state index contributed by atoms with van der Waals surface area (Å²) in [5, 5.41) is 4.01. The van der Waals surface area contributed by atoms with Gasteiger partial charge in [-0.2, -0.15) is 0 Å². The number of aromatic nitrogens is 2. The minimum absolute atomic E-state index is 0.258. The number of ether oxygens (including phenoxy) is 1. The first-order chi connectivity index (χ1) is 8.19. The maximum Gasteiger partial charge on any atom is 0.191 e. The Balaban J connectivity index is 2.73. The molecule has 17 heavy (non-hydrogen) atoms. The minimum atomic E-state index is 0.258. The maximum absolute atomic E-state index is 5.72. The normalized spacial score (nSPS) is 12.4. The molecular formula is C11H20N4OS. The second kappa shape index (κ2) is 7.34. The van der Waals surface area contributed by atoms with E-state index in [1.807, 2.05) is 6.26 Å². The number of nitrogens with zero attached hydrogens (tertiary/aromatic N) is 2. The number of hydrogen-bond donors (Lipinski definition) is 2. The molecule has 0 aliphatic carbocycles. The molecule has 0 spiro atoms. The van der Waals surface area contributed by atoms with Crippen LogP contribution in [-0.2, 0) is 4.74 Å². The fraction of sp³-hybridized carbons (Fsp3) is 0.636. The number of nitrogens with two attached hydrogens (primary N) is 1. The third-order valence-corrected chi connectivity index (χ3v) is 2.81. The Morgan fingerprint density at radius 1 is 1.53 bits per heavy atom. The van der Waals surface area contributed by atoms with Crippen LogP contribution >= 0.6 is 11.8 Å². The molecular weight excluding hydrogens is 236 g/mol. The van der Waals surface area contributed by atoms with Crippen molar-refractivity contribution in [2.45, 2.75) is 31.0 Å². The fourth-order valence-corrected chi connectivity index (χ4v) is 1.95. The molecule has 0 aromatic carbocycles. The Morgan fingerprint density at radius 3 is 2.88 bits per heavy atom. The van der Waals surface area contributed by atoms with Crippen molar-refractivity contribution >= 4 is 23.4 Å². The molecule has 0 amide bonds. The Morgan fingerprint density at radius 2 is 2.29 bits per heavy atom. The van der Waals surface area contributed by atoms with E-state index in [9.17, 15) is 0 Å². The zero-order valence-corrected chi connectivity index (χ0v) is 11.4. The van der Waals surface area contributed by atoms with Gasteiger partial charge in [0.05, 0.1) is 12.6 Å². The molecule has 1 rings (SSSR count). The quantitative estimate of drug-likeness (QED) is 0.574. The summed E-state index contributed by atoms with van der Waals surface area (Å²) in [4.78, 5) is 8.47. The lowest BCUT2D eigenvalue weighted by atomic mass is 10.2. The molecule has 1 atom stereocenters. The van der Waals surface area contributed by atoms with Gasteiger partial charge in [0.2, 0.25) is 0 Å². The van der Waals surface area contributed by atoms with Gasteiger partial charge in [0.25, 0.3) is 0 Å². The zero-order chi connectivity index (χ0) is 12.7. The molecule has 0 radical (unpaired) electrons. The Bertz CT molecular complexity index is 342. The van der Waals surface area contributed by atoms with Crippen molar-refractivity contribution in [3.8, 4) is 0 Å². The number of rotatable bonds is 7. The summed E-state index contributed by atoms with van der Waals surface area (Å²) in [6.45, 7) is 2.80. The lowest BCUT2D eigenvalue weighted by Crippen LogP contribution is -2.25. The zero-order valence-electron chi connectivity index (χ0n) is 10.6. The number of nitrogens with one attached hydrogen (secondary N) is 1. The summed E-state index contributed by atoms with van der Waals surface area (Å²) in [7, 11) is 1.70. The average Bonchev–Trinajstić information content (AvgIpc) is 2.29. The maximum atomic E-state index is 5.72. The number of thioether (sulfide) groups is 1. The second-order valence-corrected chi connectivity index (χ2v) is 4.52. The van der Waals surface area contributed by atoms with Gasteiger partial charge in [-0.3, -0.25) is 0 Å². The highest BCUT2D eigenvalue weighted by atomic mass is 32.2. The van der Waals surface area contributed by atoms with Gasteiger partial charge in [0, 0.05) is 13.2 Å². The molecule has 0 aliphatic rings. The molecule has 5 nitrogen and oxygen atoms in total. The fourth-order valence-electron chi connectivity index (χ4n) is 1.56. The highest BCUT2D eigenvalue weighted by Crippen LogP contribution is 2.16. The largest absolute Gasteiger partial charge is 0.383 e. The topological polar surface area (TPSA) is 73.1 Å². The van der Waals surface area contributed by atoms with Crippen LogP contribution in [0, 0.1) is 0 Å². The Labute approximate surface area is 107 Å². The van der Waals surface area contributed by atoms with Crippen molar-refractivity contribution in [2.24, 2.45) is 0 Å². The molecule has 0 aliphatic heterocycles. The van der Waals surface area contributed by atoms with Crippen LogP contribution in [0.1, 0.15) is 19.8 Å². The van der Waals surface area contributed by atoms with Crippen molar-refractivity contribution in [1.29, 1.82) is 0 Å². The molecule has 1 heterocycles. The van der Waals surface area contributed by atoms with Gasteiger partial charge < -0.3 is 15.8 Å². The molecule has 0 saturated heterocycles. The van der Waals surface area contributed by atoms with E-state index in [1.165, 1.54) is 11.8 Å². The van der Waals surface area contributed by atoms with Crippen LogP contribution in [0.5, 0.6) is 0 Å². The van der Waals surface area contributed by atoms with Crippen molar-refractivity contribution < 1.29 is 4.74 Å². The molecule has 3 N–H and O–H groups in total. The van der Waals surface area contributed by atoms with Crippen molar-refractivity contribution in [1.82, 2.24) is 9.97 Å². The Hall–Kier alpha value is -1.01. The van der Waals surface area contributed by atoms with Crippen LogP contribution in [0.25, 0.3) is 0 Å². The van der Waals surface area contributed by atoms with E-state index < -0.39 is 0 Å². The number of nitrogen functional groups attached to an aromatic ring is 1. The molecule has 0 fully saturated rings. The van der Waals surface area contributed by atoms with Gasteiger partial charge in [0.1, 0.15) is 11.6 Å². The van der Waals surface area contributed by atoms with E-state index in [0.29, 0.717) is 17.6 Å².